The van der Waals surface area contributed by atoms with E-state index in [1.807, 2.05) is 42.1 Å². The highest BCUT2D eigenvalue weighted by molar-refractivity contribution is 7.99. The second-order valence-corrected chi connectivity index (χ2v) is 7.80. The number of ether oxygens (including phenoxy) is 2. The van der Waals surface area contributed by atoms with Crippen molar-refractivity contribution in [1.29, 1.82) is 0 Å². The van der Waals surface area contributed by atoms with Gasteiger partial charge in [0.15, 0.2) is 0 Å². The summed E-state index contributed by atoms with van der Waals surface area (Å²) in [6.07, 6.45) is 1.56. The molecule has 1 aromatic carbocycles. The van der Waals surface area contributed by atoms with Gasteiger partial charge in [0, 0.05) is 37.3 Å². The summed E-state index contributed by atoms with van der Waals surface area (Å²) in [5, 5.41) is 3.15. The van der Waals surface area contributed by atoms with E-state index in [4.69, 9.17) is 9.47 Å². The smallest absolute Gasteiger partial charge is 0.222 e. The molecule has 0 radical (unpaired) electrons. The van der Waals surface area contributed by atoms with Crippen molar-refractivity contribution < 1.29 is 14.3 Å². The molecule has 0 bridgehead atoms. The van der Waals surface area contributed by atoms with Crippen LogP contribution < -0.4 is 5.32 Å². The summed E-state index contributed by atoms with van der Waals surface area (Å²) in [6, 6.07) is 10.0. The van der Waals surface area contributed by atoms with Crippen LogP contribution in [0.1, 0.15) is 18.4 Å². The van der Waals surface area contributed by atoms with Gasteiger partial charge in [-0.3, -0.25) is 9.69 Å². The third kappa shape index (κ3) is 5.45. The second-order valence-electron chi connectivity index (χ2n) is 6.69. The van der Waals surface area contributed by atoms with Crippen molar-refractivity contribution in [2.45, 2.75) is 25.0 Å². The van der Waals surface area contributed by atoms with Gasteiger partial charge in [-0.25, -0.2) is 0 Å². The molecular formula is C19H28N2O3S. The molecule has 25 heavy (non-hydrogen) atoms. The minimum Gasteiger partial charge on any atom is -0.379 e. The van der Waals surface area contributed by atoms with Gasteiger partial charge in [-0.1, -0.05) is 30.3 Å². The molecule has 5 nitrogen and oxygen atoms in total. The Labute approximate surface area is 154 Å². The fourth-order valence-corrected chi connectivity index (χ4v) is 4.89. The largest absolute Gasteiger partial charge is 0.379 e. The molecule has 0 saturated carbocycles. The predicted octanol–water partition coefficient (Wildman–Crippen LogP) is 1.92. The average Bonchev–Trinajstić information content (AvgIpc) is 3.15. The highest BCUT2D eigenvalue weighted by atomic mass is 32.2. The summed E-state index contributed by atoms with van der Waals surface area (Å²) < 4.78 is 11.1. The van der Waals surface area contributed by atoms with Gasteiger partial charge < -0.3 is 14.8 Å². The van der Waals surface area contributed by atoms with Crippen molar-refractivity contribution in [3.63, 3.8) is 0 Å². The number of amides is 1. The molecule has 2 aliphatic heterocycles. The third-order valence-corrected chi connectivity index (χ3v) is 6.20. The number of benzene rings is 1. The molecule has 1 amide bonds. The number of hydrogen-bond acceptors (Lipinski definition) is 5. The van der Waals surface area contributed by atoms with E-state index in [0.29, 0.717) is 19.6 Å². The second kappa shape index (κ2) is 9.57. The van der Waals surface area contributed by atoms with Crippen LogP contribution >= 0.6 is 11.8 Å². The van der Waals surface area contributed by atoms with Crippen LogP contribution in [-0.2, 0) is 20.9 Å². The normalized spacial score (nSPS) is 24.3. The Balaban J connectivity index is 1.38. The molecule has 2 saturated heterocycles. The van der Waals surface area contributed by atoms with Crippen molar-refractivity contribution in [2.75, 3.05) is 51.0 Å². The third-order valence-electron chi connectivity index (χ3n) is 4.96. The van der Waals surface area contributed by atoms with Crippen LogP contribution in [-0.4, -0.2) is 67.3 Å². The summed E-state index contributed by atoms with van der Waals surface area (Å²) in [4.78, 5) is 14.7. The summed E-state index contributed by atoms with van der Waals surface area (Å²) in [5.74, 6) is 2.35. The van der Waals surface area contributed by atoms with Crippen molar-refractivity contribution in [3.8, 4) is 0 Å². The van der Waals surface area contributed by atoms with Gasteiger partial charge in [-0.2, -0.15) is 11.8 Å². The number of carbonyl (C=O) groups excluding carboxylic acids is 1. The lowest BCUT2D eigenvalue weighted by Gasteiger charge is -2.43. The first-order valence-corrected chi connectivity index (χ1v) is 10.2. The van der Waals surface area contributed by atoms with Gasteiger partial charge in [0.05, 0.1) is 26.4 Å². The standard InChI is InChI=1S/C19H28N2O3S/c22-18(6-10-24-14-17-4-2-1-3-5-17)20-15-19(7-13-25-16-19)21-8-11-23-12-9-21/h1-5H,6-16H2,(H,20,22)/t19-/m0/s1. The van der Waals surface area contributed by atoms with Crippen molar-refractivity contribution in [3.05, 3.63) is 35.9 Å². The quantitative estimate of drug-likeness (QED) is 0.714. The van der Waals surface area contributed by atoms with Crippen LogP contribution in [0.2, 0.25) is 0 Å². The average molecular weight is 365 g/mol. The molecule has 0 spiro atoms. The van der Waals surface area contributed by atoms with E-state index < -0.39 is 0 Å². The Bertz CT molecular complexity index is 529. The summed E-state index contributed by atoms with van der Waals surface area (Å²) in [7, 11) is 0. The number of morpholine rings is 1. The lowest BCUT2D eigenvalue weighted by Crippen LogP contribution is -2.59. The zero-order chi connectivity index (χ0) is 17.4. The lowest BCUT2D eigenvalue weighted by atomic mass is 9.95. The highest BCUT2D eigenvalue weighted by Gasteiger charge is 2.40. The monoisotopic (exact) mass is 364 g/mol. The summed E-state index contributed by atoms with van der Waals surface area (Å²) in [5.41, 5.74) is 1.24. The SMILES string of the molecule is O=C(CCOCc1ccccc1)NC[C@@]1(N2CCOCC2)CCSC1. The van der Waals surface area contributed by atoms with Crippen LogP contribution in [0.4, 0.5) is 0 Å². The Morgan fingerprint density at radius 2 is 2.08 bits per heavy atom. The molecular weight excluding hydrogens is 336 g/mol. The summed E-state index contributed by atoms with van der Waals surface area (Å²) >= 11 is 1.99. The Morgan fingerprint density at radius 1 is 1.28 bits per heavy atom. The van der Waals surface area contributed by atoms with Crippen molar-refractivity contribution in [2.24, 2.45) is 0 Å². The molecule has 1 atom stereocenters. The molecule has 2 aliphatic rings. The molecule has 138 valence electrons. The first-order valence-electron chi connectivity index (χ1n) is 9.07. The van der Waals surface area contributed by atoms with Crippen LogP contribution in [0.3, 0.4) is 0 Å². The maximum absolute atomic E-state index is 12.2. The molecule has 2 fully saturated rings. The first kappa shape index (κ1) is 18.7. The molecule has 1 N–H and O–H groups in total. The number of thioether (sulfide) groups is 1. The number of carbonyl (C=O) groups is 1. The van der Waals surface area contributed by atoms with E-state index in [0.717, 1.165) is 50.6 Å². The van der Waals surface area contributed by atoms with E-state index in [1.54, 1.807) is 0 Å². The fourth-order valence-electron chi connectivity index (χ4n) is 3.42. The molecule has 0 unspecified atom stereocenters. The van der Waals surface area contributed by atoms with E-state index >= 15 is 0 Å². The zero-order valence-corrected chi connectivity index (χ0v) is 15.6. The maximum Gasteiger partial charge on any atom is 0.222 e. The zero-order valence-electron chi connectivity index (χ0n) is 14.7. The van der Waals surface area contributed by atoms with Gasteiger partial charge in [-0.05, 0) is 17.7 Å². The van der Waals surface area contributed by atoms with Gasteiger partial charge in [0.1, 0.15) is 0 Å². The fraction of sp³-hybridized carbons (Fsp3) is 0.632. The number of nitrogens with one attached hydrogen (secondary N) is 1. The molecule has 3 rings (SSSR count). The number of rotatable bonds is 8. The van der Waals surface area contributed by atoms with Gasteiger partial charge >= 0.3 is 0 Å². The van der Waals surface area contributed by atoms with E-state index in [2.05, 4.69) is 10.2 Å². The lowest BCUT2D eigenvalue weighted by molar-refractivity contribution is -0.123. The van der Waals surface area contributed by atoms with Crippen molar-refractivity contribution >= 4 is 17.7 Å². The molecule has 2 heterocycles. The topological polar surface area (TPSA) is 50.8 Å². The van der Waals surface area contributed by atoms with Gasteiger partial charge in [0.2, 0.25) is 5.91 Å². The van der Waals surface area contributed by atoms with E-state index in [1.165, 1.54) is 5.75 Å². The molecule has 1 aromatic rings. The van der Waals surface area contributed by atoms with Gasteiger partial charge in [-0.15, -0.1) is 0 Å². The maximum atomic E-state index is 12.2. The minimum absolute atomic E-state index is 0.0811. The van der Waals surface area contributed by atoms with Crippen LogP contribution in [0, 0.1) is 0 Å². The van der Waals surface area contributed by atoms with E-state index in [-0.39, 0.29) is 11.4 Å². The molecule has 6 heteroatoms. The van der Waals surface area contributed by atoms with Crippen molar-refractivity contribution in [1.82, 2.24) is 10.2 Å². The minimum atomic E-state index is 0.0811. The van der Waals surface area contributed by atoms with Crippen LogP contribution in [0.25, 0.3) is 0 Å². The van der Waals surface area contributed by atoms with Crippen LogP contribution in [0.15, 0.2) is 30.3 Å². The Hall–Kier alpha value is -1.08. The predicted molar refractivity (Wildman–Crippen MR) is 101 cm³/mol. The molecule has 0 aromatic heterocycles. The Morgan fingerprint density at radius 3 is 2.80 bits per heavy atom. The Kier molecular flexibility index (Phi) is 7.16. The number of hydrogen-bond donors (Lipinski definition) is 1. The highest BCUT2D eigenvalue weighted by Crippen LogP contribution is 2.33. The van der Waals surface area contributed by atoms with E-state index in [9.17, 15) is 4.79 Å². The molecule has 0 aliphatic carbocycles. The number of nitrogens with zero attached hydrogens (tertiary/aromatic N) is 1. The van der Waals surface area contributed by atoms with Gasteiger partial charge in [0.25, 0.3) is 0 Å². The van der Waals surface area contributed by atoms with Crippen LogP contribution in [0.5, 0.6) is 0 Å². The first-order chi connectivity index (χ1) is 12.3. The summed E-state index contributed by atoms with van der Waals surface area (Å²) in [6.45, 7) is 5.29.